The first kappa shape index (κ1) is 15.8. The summed E-state index contributed by atoms with van der Waals surface area (Å²) in [5.41, 5.74) is 1.85. The minimum atomic E-state index is 0.147. The molecule has 1 aliphatic rings. The lowest BCUT2D eigenvalue weighted by atomic mass is 10.1. The lowest BCUT2D eigenvalue weighted by molar-refractivity contribution is 0.0624. The van der Waals surface area contributed by atoms with E-state index >= 15 is 0 Å². The molecule has 0 saturated carbocycles. The predicted molar refractivity (Wildman–Crippen MR) is 93.0 cm³/mol. The standard InChI is InChI=1S/C19H25N3O/c1-16(2)15-20-11-13-22(14-12-20)19(23)17-5-7-18(8-6-17)21-9-3-4-10-21/h3-10,16H,11-15H2,1-2H3. The van der Waals surface area contributed by atoms with E-state index in [4.69, 9.17) is 0 Å². The van der Waals surface area contributed by atoms with E-state index in [9.17, 15) is 4.79 Å². The number of benzene rings is 1. The smallest absolute Gasteiger partial charge is 0.253 e. The summed E-state index contributed by atoms with van der Waals surface area (Å²) in [5, 5.41) is 0. The van der Waals surface area contributed by atoms with Gasteiger partial charge in [0.05, 0.1) is 0 Å². The van der Waals surface area contributed by atoms with Gasteiger partial charge < -0.3 is 9.47 Å². The molecule has 23 heavy (non-hydrogen) atoms. The molecule has 2 aromatic rings. The third-order valence-corrected chi connectivity index (χ3v) is 4.30. The van der Waals surface area contributed by atoms with Crippen molar-refractivity contribution in [2.24, 2.45) is 5.92 Å². The fourth-order valence-electron chi connectivity index (χ4n) is 3.12. The van der Waals surface area contributed by atoms with Crippen molar-refractivity contribution in [1.29, 1.82) is 0 Å². The molecule has 1 aliphatic heterocycles. The number of hydrogen-bond donors (Lipinski definition) is 0. The van der Waals surface area contributed by atoms with Crippen molar-refractivity contribution in [3.05, 3.63) is 54.4 Å². The monoisotopic (exact) mass is 311 g/mol. The molecule has 4 heteroatoms. The Kier molecular flexibility index (Phi) is 4.82. The van der Waals surface area contributed by atoms with E-state index in [0.29, 0.717) is 5.92 Å². The van der Waals surface area contributed by atoms with Crippen LogP contribution in [0.25, 0.3) is 5.69 Å². The fraction of sp³-hybridized carbons (Fsp3) is 0.421. The maximum atomic E-state index is 12.6. The molecule has 1 fully saturated rings. The van der Waals surface area contributed by atoms with E-state index in [2.05, 4.69) is 18.7 Å². The minimum absolute atomic E-state index is 0.147. The maximum Gasteiger partial charge on any atom is 0.253 e. The van der Waals surface area contributed by atoms with Gasteiger partial charge in [0.2, 0.25) is 0 Å². The lowest BCUT2D eigenvalue weighted by Crippen LogP contribution is -2.49. The van der Waals surface area contributed by atoms with Crippen LogP contribution in [0.1, 0.15) is 24.2 Å². The molecule has 122 valence electrons. The Hall–Kier alpha value is -2.07. The average molecular weight is 311 g/mol. The molecule has 0 radical (unpaired) electrons. The van der Waals surface area contributed by atoms with Crippen molar-refractivity contribution < 1.29 is 4.79 Å². The summed E-state index contributed by atoms with van der Waals surface area (Å²) in [6.07, 6.45) is 4.01. The minimum Gasteiger partial charge on any atom is -0.336 e. The van der Waals surface area contributed by atoms with Gasteiger partial charge in [-0.05, 0) is 42.3 Å². The summed E-state index contributed by atoms with van der Waals surface area (Å²) in [6, 6.07) is 11.9. The van der Waals surface area contributed by atoms with Gasteiger partial charge in [0, 0.05) is 56.4 Å². The van der Waals surface area contributed by atoms with Crippen molar-refractivity contribution >= 4 is 5.91 Å². The van der Waals surface area contributed by atoms with Crippen molar-refractivity contribution in [2.45, 2.75) is 13.8 Å². The molecular formula is C19H25N3O. The van der Waals surface area contributed by atoms with Crippen LogP contribution in [0.3, 0.4) is 0 Å². The number of aromatic nitrogens is 1. The van der Waals surface area contributed by atoms with Crippen molar-refractivity contribution in [3.8, 4) is 5.69 Å². The Balaban J connectivity index is 1.60. The molecule has 2 heterocycles. The second-order valence-electron chi connectivity index (χ2n) is 6.62. The number of carbonyl (C=O) groups excluding carboxylic acids is 1. The summed E-state index contributed by atoms with van der Waals surface area (Å²) >= 11 is 0. The zero-order chi connectivity index (χ0) is 16.2. The maximum absolute atomic E-state index is 12.6. The van der Waals surface area contributed by atoms with Gasteiger partial charge in [-0.3, -0.25) is 9.69 Å². The van der Waals surface area contributed by atoms with Crippen LogP contribution >= 0.6 is 0 Å². The second kappa shape index (κ2) is 7.01. The topological polar surface area (TPSA) is 28.5 Å². The number of piperazine rings is 1. The Bertz CT molecular complexity index is 623. The van der Waals surface area contributed by atoms with Crippen molar-refractivity contribution in [1.82, 2.24) is 14.4 Å². The zero-order valence-corrected chi connectivity index (χ0v) is 14.0. The van der Waals surface area contributed by atoms with Gasteiger partial charge >= 0.3 is 0 Å². The van der Waals surface area contributed by atoms with E-state index in [0.717, 1.165) is 44.0 Å². The van der Waals surface area contributed by atoms with Gasteiger partial charge in [0.15, 0.2) is 0 Å². The van der Waals surface area contributed by atoms with E-state index in [-0.39, 0.29) is 5.91 Å². The molecule has 1 saturated heterocycles. The quantitative estimate of drug-likeness (QED) is 0.868. The fourth-order valence-corrected chi connectivity index (χ4v) is 3.12. The van der Waals surface area contributed by atoms with Crippen LogP contribution in [0.4, 0.5) is 0 Å². The van der Waals surface area contributed by atoms with Crippen molar-refractivity contribution in [2.75, 3.05) is 32.7 Å². The van der Waals surface area contributed by atoms with E-state index in [1.165, 1.54) is 0 Å². The SMILES string of the molecule is CC(C)CN1CCN(C(=O)c2ccc(-n3cccc3)cc2)CC1. The normalized spacial score (nSPS) is 16.0. The van der Waals surface area contributed by atoms with Crippen LogP contribution in [0.2, 0.25) is 0 Å². The molecule has 0 aliphatic carbocycles. The first-order chi connectivity index (χ1) is 11.1. The molecular weight excluding hydrogens is 286 g/mol. The number of nitrogens with zero attached hydrogens (tertiary/aromatic N) is 3. The van der Waals surface area contributed by atoms with Crippen LogP contribution in [-0.2, 0) is 0 Å². The molecule has 0 unspecified atom stereocenters. The number of amides is 1. The first-order valence-corrected chi connectivity index (χ1v) is 8.38. The van der Waals surface area contributed by atoms with Crippen LogP contribution in [0.5, 0.6) is 0 Å². The second-order valence-corrected chi connectivity index (χ2v) is 6.62. The molecule has 1 amide bonds. The highest BCUT2D eigenvalue weighted by atomic mass is 16.2. The van der Waals surface area contributed by atoms with Gasteiger partial charge in [0.25, 0.3) is 5.91 Å². The van der Waals surface area contributed by atoms with E-state index < -0.39 is 0 Å². The van der Waals surface area contributed by atoms with Gasteiger partial charge in [-0.1, -0.05) is 13.8 Å². The molecule has 4 nitrogen and oxygen atoms in total. The summed E-state index contributed by atoms with van der Waals surface area (Å²) in [6.45, 7) is 9.20. The molecule has 0 bridgehead atoms. The summed E-state index contributed by atoms with van der Waals surface area (Å²) in [7, 11) is 0. The van der Waals surface area contributed by atoms with Crippen LogP contribution < -0.4 is 0 Å². The Labute approximate surface area is 138 Å². The number of carbonyl (C=O) groups is 1. The highest BCUT2D eigenvalue weighted by molar-refractivity contribution is 5.94. The molecule has 0 N–H and O–H groups in total. The molecule has 1 aromatic carbocycles. The van der Waals surface area contributed by atoms with Crippen LogP contribution in [-0.4, -0.2) is 53.0 Å². The number of hydrogen-bond acceptors (Lipinski definition) is 2. The van der Waals surface area contributed by atoms with Gasteiger partial charge in [0.1, 0.15) is 0 Å². The summed E-state index contributed by atoms with van der Waals surface area (Å²) < 4.78 is 2.04. The molecule has 1 aromatic heterocycles. The van der Waals surface area contributed by atoms with Gasteiger partial charge in [-0.25, -0.2) is 0 Å². The summed E-state index contributed by atoms with van der Waals surface area (Å²) in [5.74, 6) is 0.826. The third-order valence-electron chi connectivity index (χ3n) is 4.30. The van der Waals surface area contributed by atoms with E-state index in [1.54, 1.807) is 0 Å². The lowest BCUT2D eigenvalue weighted by Gasteiger charge is -2.35. The largest absolute Gasteiger partial charge is 0.336 e. The highest BCUT2D eigenvalue weighted by Crippen LogP contribution is 2.13. The third kappa shape index (κ3) is 3.82. The van der Waals surface area contributed by atoms with Gasteiger partial charge in [-0.2, -0.15) is 0 Å². The molecule has 0 atom stereocenters. The van der Waals surface area contributed by atoms with Crippen LogP contribution in [0, 0.1) is 5.92 Å². The number of rotatable bonds is 4. The molecule has 3 rings (SSSR count). The summed E-state index contributed by atoms with van der Waals surface area (Å²) in [4.78, 5) is 17.0. The van der Waals surface area contributed by atoms with Gasteiger partial charge in [-0.15, -0.1) is 0 Å². The Morgan fingerprint density at radius 2 is 1.61 bits per heavy atom. The average Bonchev–Trinajstić information content (AvgIpc) is 3.09. The highest BCUT2D eigenvalue weighted by Gasteiger charge is 2.22. The first-order valence-electron chi connectivity index (χ1n) is 8.38. The Morgan fingerprint density at radius 1 is 1.00 bits per heavy atom. The predicted octanol–water partition coefficient (Wildman–Crippen LogP) is 2.89. The van der Waals surface area contributed by atoms with E-state index in [1.807, 2.05) is 58.3 Å². The zero-order valence-electron chi connectivity index (χ0n) is 14.0. The Morgan fingerprint density at radius 3 is 2.17 bits per heavy atom. The van der Waals surface area contributed by atoms with Crippen LogP contribution in [0.15, 0.2) is 48.8 Å². The molecule has 0 spiro atoms. The van der Waals surface area contributed by atoms with Crippen molar-refractivity contribution in [3.63, 3.8) is 0 Å².